The quantitative estimate of drug-likeness (QED) is 0.627. The summed E-state index contributed by atoms with van der Waals surface area (Å²) in [6.45, 7) is 4.48. The highest BCUT2D eigenvalue weighted by atomic mass is 16.5. The monoisotopic (exact) mass is 288 g/mol. The standard InChI is InChI=1S/C15H20N4O2/c1-10(2)13-14(19-16)17-9-18-15(13)21-8-11-5-4-6-12(7-11)20-3/h4-7,9-10H,8,16H2,1-3H3,(H,17,18,19). The summed E-state index contributed by atoms with van der Waals surface area (Å²) in [5.74, 6) is 7.60. The second-order valence-corrected chi connectivity index (χ2v) is 4.88. The van der Waals surface area contributed by atoms with E-state index in [1.165, 1.54) is 6.33 Å². The van der Waals surface area contributed by atoms with E-state index in [9.17, 15) is 0 Å². The van der Waals surface area contributed by atoms with Gasteiger partial charge in [-0.15, -0.1) is 0 Å². The number of nitrogens with zero attached hydrogens (tertiary/aromatic N) is 2. The van der Waals surface area contributed by atoms with Crippen LogP contribution in [0.4, 0.5) is 5.82 Å². The molecule has 21 heavy (non-hydrogen) atoms. The normalized spacial score (nSPS) is 10.5. The van der Waals surface area contributed by atoms with Crippen molar-refractivity contribution in [2.75, 3.05) is 12.5 Å². The number of anilines is 1. The number of nitrogen functional groups attached to an aromatic ring is 1. The highest BCUT2D eigenvalue weighted by molar-refractivity contribution is 5.49. The number of benzene rings is 1. The number of hydrogen-bond donors (Lipinski definition) is 2. The molecule has 0 bridgehead atoms. The summed E-state index contributed by atoms with van der Waals surface area (Å²) < 4.78 is 11.0. The molecule has 0 unspecified atom stereocenters. The van der Waals surface area contributed by atoms with Crippen LogP contribution in [-0.2, 0) is 6.61 Å². The second kappa shape index (κ2) is 6.90. The minimum absolute atomic E-state index is 0.192. The third kappa shape index (κ3) is 3.61. The molecule has 0 saturated heterocycles. The van der Waals surface area contributed by atoms with Gasteiger partial charge in [0, 0.05) is 0 Å². The van der Waals surface area contributed by atoms with Crippen LogP contribution < -0.4 is 20.7 Å². The number of nitrogens with one attached hydrogen (secondary N) is 1. The minimum Gasteiger partial charge on any atom is -0.497 e. The molecule has 0 aliphatic rings. The molecule has 0 amide bonds. The van der Waals surface area contributed by atoms with E-state index >= 15 is 0 Å². The molecule has 112 valence electrons. The Balaban J connectivity index is 2.19. The zero-order valence-corrected chi connectivity index (χ0v) is 12.5. The fourth-order valence-electron chi connectivity index (χ4n) is 2.04. The van der Waals surface area contributed by atoms with Crippen LogP contribution in [0.2, 0.25) is 0 Å². The van der Waals surface area contributed by atoms with E-state index in [4.69, 9.17) is 15.3 Å². The van der Waals surface area contributed by atoms with E-state index in [-0.39, 0.29) is 5.92 Å². The lowest BCUT2D eigenvalue weighted by Gasteiger charge is -2.15. The molecular weight excluding hydrogens is 268 g/mol. The lowest BCUT2D eigenvalue weighted by molar-refractivity contribution is 0.288. The molecule has 3 N–H and O–H groups in total. The van der Waals surface area contributed by atoms with Crippen molar-refractivity contribution in [1.82, 2.24) is 9.97 Å². The highest BCUT2D eigenvalue weighted by Crippen LogP contribution is 2.30. The fraction of sp³-hybridized carbons (Fsp3) is 0.333. The molecule has 0 radical (unpaired) electrons. The number of aromatic nitrogens is 2. The van der Waals surface area contributed by atoms with Gasteiger partial charge in [0.15, 0.2) is 5.82 Å². The predicted octanol–water partition coefficient (Wildman–Crippen LogP) is 2.47. The van der Waals surface area contributed by atoms with E-state index in [1.807, 2.05) is 38.1 Å². The summed E-state index contributed by atoms with van der Waals surface area (Å²) in [4.78, 5) is 8.32. The Bertz CT molecular complexity index is 602. The first-order valence-electron chi connectivity index (χ1n) is 6.73. The molecule has 0 aliphatic carbocycles. The molecule has 0 fully saturated rings. The third-order valence-corrected chi connectivity index (χ3v) is 3.07. The van der Waals surface area contributed by atoms with Crippen molar-refractivity contribution in [3.8, 4) is 11.6 Å². The van der Waals surface area contributed by atoms with Gasteiger partial charge in [-0.05, 0) is 23.6 Å². The second-order valence-electron chi connectivity index (χ2n) is 4.88. The average molecular weight is 288 g/mol. The maximum Gasteiger partial charge on any atom is 0.222 e. The SMILES string of the molecule is COc1cccc(COc2ncnc(NN)c2C(C)C)c1. The van der Waals surface area contributed by atoms with Gasteiger partial charge in [-0.25, -0.2) is 15.8 Å². The van der Waals surface area contributed by atoms with Gasteiger partial charge in [0.1, 0.15) is 18.7 Å². The number of nitrogens with two attached hydrogens (primary N) is 1. The Hall–Kier alpha value is -2.34. The molecule has 1 heterocycles. The van der Waals surface area contributed by atoms with Crippen molar-refractivity contribution in [3.05, 3.63) is 41.7 Å². The Kier molecular flexibility index (Phi) is 4.94. The first-order valence-corrected chi connectivity index (χ1v) is 6.73. The molecule has 6 nitrogen and oxygen atoms in total. The smallest absolute Gasteiger partial charge is 0.222 e. The number of methoxy groups -OCH3 is 1. The van der Waals surface area contributed by atoms with Crippen molar-refractivity contribution in [2.45, 2.75) is 26.4 Å². The van der Waals surface area contributed by atoms with Crippen LogP contribution in [-0.4, -0.2) is 17.1 Å². The van der Waals surface area contributed by atoms with E-state index < -0.39 is 0 Å². The van der Waals surface area contributed by atoms with Gasteiger partial charge >= 0.3 is 0 Å². The maximum absolute atomic E-state index is 5.82. The highest BCUT2D eigenvalue weighted by Gasteiger charge is 2.15. The van der Waals surface area contributed by atoms with E-state index in [0.717, 1.165) is 16.9 Å². The van der Waals surface area contributed by atoms with Gasteiger partial charge in [0.2, 0.25) is 5.88 Å². The van der Waals surface area contributed by atoms with Gasteiger partial charge in [0.05, 0.1) is 12.7 Å². The van der Waals surface area contributed by atoms with Crippen molar-refractivity contribution in [3.63, 3.8) is 0 Å². The Morgan fingerprint density at radius 1 is 1.29 bits per heavy atom. The number of ether oxygens (including phenoxy) is 2. The minimum atomic E-state index is 0.192. The zero-order chi connectivity index (χ0) is 15.2. The average Bonchev–Trinajstić information content (AvgIpc) is 2.52. The van der Waals surface area contributed by atoms with Crippen LogP contribution in [0.25, 0.3) is 0 Å². The molecule has 0 spiro atoms. The Labute approximate surface area is 124 Å². The first kappa shape index (κ1) is 15.1. The first-order chi connectivity index (χ1) is 10.2. The van der Waals surface area contributed by atoms with E-state index in [2.05, 4.69) is 15.4 Å². The number of rotatable bonds is 6. The number of hydrogen-bond acceptors (Lipinski definition) is 6. The van der Waals surface area contributed by atoms with Gasteiger partial charge in [-0.2, -0.15) is 0 Å². The van der Waals surface area contributed by atoms with Gasteiger partial charge in [-0.3, -0.25) is 0 Å². The van der Waals surface area contributed by atoms with E-state index in [1.54, 1.807) is 7.11 Å². The van der Waals surface area contributed by atoms with Crippen molar-refractivity contribution in [1.29, 1.82) is 0 Å². The summed E-state index contributed by atoms with van der Waals surface area (Å²) in [6, 6.07) is 7.72. The van der Waals surface area contributed by atoms with Crippen LogP contribution in [0.15, 0.2) is 30.6 Å². The fourth-order valence-corrected chi connectivity index (χ4v) is 2.04. The van der Waals surface area contributed by atoms with Crippen LogP contribution in [0.5, 0.6) is 11.6 Å². The summed E-state index contributed by atoms with van der Waals surface area (Å²) in [6.07, 6.45) is 1.43. The van der Waals surface area contributed by atoms with E-state index in [0.29, 0.717) is 18.3 Å². The predicted molar refractivity (Wildman–Crippen MR) is 81.3 cm³/mol. The molecule has 2 rings (SSSR count). The van der Waals surface area contributed by atoms with Crippen molar-refractivity contribution in [2.24, 2.45) is 5.84 Å². The van der Waals surface area contributed by atoms with Gasteiger partial charge < -0.3 is 14.9 Å². The summed E-state index contributed by atoms with van der Waals surface area (Å²) >= 11 is 0. The molecular formula is C15H20N4O2. The summed E-state index contributed by atoms with van der Waals surface area (Å²) in [5, 5.41) is 0. The lowest BCUT2D eigenvalue weighted by atomic mass is 10.1. The Morgan fingerprint density at radius 2 is 2.10 bits per heavy atom. The van der Waals surface area contributed by atoms with Gasteiger partial charge in [0.25, 0.3) is 0 Å². The molecule has 1 aromatic heterocycles. The molecule has 2 aromatic rings. The Morgan fingerprint density at radius 3 is 2.76 bits per heavy atom. The summed E-state index contributed by atoms with van der Waals surface area (Å²) in [7, 11) is 1.64. The van der Waals surface area contributed by atoms with Crippen molar-refractivity contribution >= 4 is 5.82 Å². The molecule has 0 atom stereocenters. The molecule has 0 aliphatic heterocycles. The third-order valence-electron chi connectivity index (χ3n) is 3.07. The van der Waals surface area contributed by atoms with Gasteiger partial charge in [-0.1, -0.05) is 26.0 Å². The topological polar surface area (TPSA) is 82.3 Å². The zero-order valence-electron chi connectivity index (χ0n) is 12.5. The largest absolute Gasteiger partial charge is 0.497 e. The van der Waals surface area contributed by atoms with Crippen LogP contribution >= 0.6 is 0 Å². The maximum atomic E-state index is 5.82. The number of hydrazine groups is 1. The van der Waals surface area contributed by atoms with Crippen molar-refractivity contribution < 1.29 is 9.47 Å². The van der Waals surface area contributed by atoms with Crippen LogP contribution in [0, 0.1) is 0 Å². The molecule has 1 aromatic carbocycles. The molecule has 0 saturated carbocycles. The molecule has 6 heteroatoms. The summed E-state index contributed by atoms with van der Waals surface area (Å²) in [5.41, 5.74) is 4.45. The van der Waals surface area contributed by atoms with Crippen LogP contribution in [0.3, 0.4) is 0 Å². The van der Waals surface area contributed by atoms with Crippen LogP contribution in [0.1, 0.15) is 30.9 Å². The lowest BCUT2D eigenvalue weighted by Crippen LogP contribution is -2.14.